The first-order chi connectivity index (χ1) is 5.86. The molecule has 2 N–H and O–H groups in total. The molecule has 0 spiro atoms. The van der Waals surface area contributed by atoms with Gasteiger partial charge in [-0.3, -0.25) is 0 Å². The first kappa shape index (κ1) is 7.60. The van der Waals surface area contributed by atoms with Crippen molar-refractivity contribution in [2.45, 2.75) is 12.8 Å². The fourth-order valence-electron chi connectivity index (χ4n) is 0.896. The molecule has 5 nitrogen and oxygen atoms in total. The molecule has 1 aliphatic carbocycles. The van der Waals surface area contributed by atoms with E-state index in [1.165, 1.54) is 12.8 Å². The molecule has 0 radical (unpaired) electrons. The summed E-state index contributed by atoms with van der Waals surface area (Å²) >= 11 is 5.02. The van der Waals surface area contributed by atoms with Crippen molar-refractivity contribution in [1.29, 1.82) is 0 Å². The number of hydrogen-bond acceptors (Lipinski definition) is 4. The second-order valence-electron chi connectivity index (χ2n) is 2.89. The molecule has 0 saturated heterocycles. The van der Waals surface area contributed by atoms with Gasteiger partial charge in [0.25, 0.3) is 0 Å². The molecule has 1 aromatic rings. The van der Waals surface area contributed by atoms with Gasteiger partial charge < -0.3 is 5.32 Å². The average Bonchev–Trinajstić information content (AvgIpc) is 2.74. The zero-order chi connectivity index (χ0) is 8.39. The summed E-state index contributed by atoms with van der Waals surface area (Å²) in [6.07, 6.45) is 2.61. The fourth-order valence-corrected chi connectivity index (χ4v) is 1.07. The summed E-state index contributed by atoms with van der Waals surface area (Å²) in [4.78, 5) is 0.579. The van der Waals surface area contributed by atoms with E-state index in [0.29, 0.717) is 10.8 Å². The molecule has 1 aliphatic rings. The molecule has 64 valence electrons. The van der Waals surface area contributed by atoms with Crippen LogP contribution in [0.25, 0.3) is 0 Å². The Bertz CT molecular complexity index is 265. The van der Waals surface area contributed by atoms with Crippen LogP contribution in [0.2, 0.25) is 0 Å². The number of aromatic amines is 1. The van der Waals surface area contributed by atoms with Gasteiger partial charge in [0.05, 0.1) is 0 Å². The van der Waals surface area contributed by atoms with Gasteiger partial charge in [0, 0.05) is 6.54 Å². The van der Waals surface area contributed by atoms with Crippen LogP contribution in [0, 0.1) is 5.92 Å². The van der Waals surface area contributed by atoms with Gasteiger partial charge in [-0.1, -0.05) is 12.2 Å². The van der Waals surface area contributed by atoms with Gasteiger partial charge in [-0.2, -0.15) is 5.21 Å². The quantitative estimate of drug-likeness (QED) is 0.639. The second-order valence-corrected chi connectivity index (χ2v) is 3.30. The lowest BCUT2D eigenvalue weighted by molar-refractivity contribution is 0.775. The Labute approximate surface area is 74.9 Å². The topological polar surface area (TPSA) is 66.5 Å². The maximum Gasteiger partial charge on any atom is 0.231 e. The monoisotopic (exact) mass is 183 g/mol. The molecule has 0 aliphatic heterocycles. The normalized spacial score (nSPS) is 16.0. The summed E-state index contributed by atoms with van der Waals surface area (Å²) in [6.45, 7) is 0.938. The maximum atomic E-state index is 5.02. The summed E-state index contributed by atoms with van der Waals surface area (Å²) in [6, 6.07) is 0. The number of thiocarbonyl (C=S) groups is 1. The van der Waals surface area contributed by atoms with Crippen molar-refractivity contribution in [1.82, 2.24) is 25.9 Å². The molecular weight excluding hydrogens is 174 g/mol. The van der Waals surface area contributed by atoms with Crippen molar-refractivity contribution >= 4 is 17.2 Å². The van der Waals surface area contributed by atoms with E-state index in [9.17, 15) is 0 Å². The molecule has 12 heavy (non-hydrogen) atoms. The molecule has 1 saturated carbocycles. The zero-order valence-electron chi connectivity index (χ0n) is 6.45. The van der Waals surface area contributed by atoms with Crippen molar-refractivity contribution in [2.75, 3.05) is 6.54 Å². The van der Waals surface area contributed by atoms with E-state index in [2.05, 4.69) is 25.9 Å². The third-order valence-electron chi connectivity index (χ3n) is 1.80. The number of hydrogen-bond donors (Lipinski definition) is 2. The highest BCUT2D eigenvalue weighted by atomic mass is 32.1. The van der Waals surface area contributed by atoms with E-state index in [1.807, 2.05) is 0 Å². The minimum absolute atomic E-state index is 0.477. The fraction of sp³-hybridized carbons (Fsp3) is 0.667. The summed E-state index contributed by atoms with van der Waals surface area (Å²) in [5.74, 6) is 1.28. The predicted octanol–water partition coefficient (Wildman–Crippen LogP) is -0.125. The van der Waals surface area contributed by atoms with Gasteiger partial charge in [-0.05, 0) is 24.0 Å². The number of aromatic nitrogens is 4. The summed E-state index contributed by atoms with van der Waals surface area (Å²) < 4.78 is 0. The second kappa shape index (κ2) is 3.14. The lowest BCUT2D eigenvalue weighted by atomic mass is 10.4. The molecule has 0 amide bonds. The SMILES string of the molecule is S=C(NCC1CC1)c1nn[nH]n1. The molecule has 0 unspecified atom stereocenters. The Morgan fingerprint density at radius 1 is 1.67 bits per heavy atom. The van der Waals surface area contributed by atoms with E-state index in [-0.39, 0.29) is 0 Å². The number of H-pyrrole nitrogens is 1. The van der Waals surface area contributed by atoms with Crippen LogP contribution in [-0.2, 0) is 0 Å². The van der Waals surface area contributed by atoms with Crippen molar-refractivity contribution in [3.63, 3.8) is 0 Å². The van der Waals surface area contributed by atoms with Gasteiger partial charge >= 0.3 is 0 Å². The first-order valence-electron chi connectivity index (χ1n) is 3.88. The smallest absolute Gasteiger partial charge is 0.231 e. The highest BCUT2D eigenvalue weighted by molar-refractivity contribution is 7.80. The van der Waals surface area contributed by atoms with Crippen molar-refractivity contribution in [2.24, 2.45) is 5.92 Å². The van der Waals surface area contributed by atoms with Crippen molar-refractivity contribution < 1.29 is 0 Å². The molecule has 1 aromatic heterocycles. The van der Waals surface area contributed by atoms with E-state index in [4.69, 9.17) is 12.2 Å². The third-order valence-corrected chi connectivity index (χ3v) is 2.12. The van der Waals surface area contributed by atoms with Crippen LogP contribution < -0.4 is 5.32 Å². The molecular formula is C6H9N5S. The highest BCUT2D eigenvalue weighted by Gasteiger charge is 2.21. The van der Waals surface area contributed by atoms with Crippen LogP contribution in [0.4, 0.5) is 0 Å². The third kappa shape index (κ3) is 1.76. The standard InChI is InChI=1S/C6H9N5S/c12-6(5-8-10-11-9-5)7-3-4-1-2-4/h4H,1-3H2,(H,7,12)(H,8,9,10,11). The summed E-state index contributed by atoms with van der Waals surface area (Å²) in [5.41, 5.74) is 0. The van der Waals surface area contributed by atoms with Crippen LogP contribution in [0.15, 0.2) is 0 Å². The molecule has 2 rings (SSSR count). The lowest BCUT2D eigenvalue weighted by Gasteiger charge is -2.00. The zero-order valence-corrected chi connectivity index (χ0v) is 7.27. The first-order valence-corrected chi connectivity index (χ1v) is 4.29. The maximum absolute atomic E-state index is 5.02. The highest BCUT2D eigenvalue weighted by Crippen LogP contribution is 2.27. The van der Waals surface area contributed by atoms with Crippen LogP contribution >= 0.6 is 12.2 Å². The van der Waals surface area contributed by atoms with Crippen LogP contribution in [0.1, 0.15) is 18.7 Å². The van der Waals surface area contributed by atoms with E-state index in [1.54, 1.807) is 0 Å². The molecule has 6 heteroatoms. The molecule has 0 bridgehead atoms. The number of nitrogens with zero attached hydrogens (tertiary/aromatic N) is 3. The molecule has 1 fully saturated rings. The Kier molecular flexibility index (Phi) is 1.99. The number of tetrazole rings is 1. The Balaban J connectivity index is 1.83. The molecule has 1 heterocycles. The molecule has 0 aromatic carbocycles. The van der Waals surface area contributed by atoms with Crippen LogP contribution in [-0.4, -0.2) is 32.2 Å². The number of nitrogens with one attached hydrogen (secondary N) is 2. The summed E-state index contributed by atoms with van der Waals surface area (Å²) in [7, 11) is 0. The van der Waals surface area contributed by atoms with Crippen molar-refractivity contribution in [3.05, 3.63) is 5.82 Å². The Morgan fingerprint density at radius 3 is 3.08 bits per heavy atom. The van der Waals surface area contributed by atoms with Gasteiger partial charge in [0.15, 0.2) is 0 Å². The average molecular weight is 183 g/mol. The van der Waals surface area contributed by atoms with Gasteiger partial charge in [0.1, 0.15) is 4.99 Å². The van der Waals surface area contributed by atoms with Gasteiger partial charge in [-0.25, -0.2) is 0 Å². The number of rotatable bonds is 3. The van der Waals surface area contributed by atoms with E-state index in [0.717, 1.165) is 12.5 Å². The predicted molar refractivity (Wildman–Crippen MR) is 46.6 cm³/mol. The van der Waals surface area contributed by atoms with Crippen molar-refractivity contribution in [3.8, 4) is 0 Å². The minimum atomic E-state index is 0.477. The van der Waals surface area contributed by atoms with Crippen LogP contribution in [0.3, 0.4) is 0 Å². The lowest BCUT2D eigenvalue weighted by Crippen LogP contribution is -2.25. The molecule has 0 atom stereocenters. The largest absolute Gasteiger partial charge is 0.373 e. The Morgan fingerprint density at radius 2 is 2.50 bits per heavy atom. The van der Waals surface area contributed by atoms with E-state index >= 15 is 0 Å². The van der Waals surface area contributed by atoms with Gasteiger partial charge in [-0.15, -0.1) is 10.2 Å². The van der Waals surface area contributed by atoms with Gasteiger partial charge in [0.2, 0.25) is 5.82 Å². The van der Waals surface area contributed by atoms with Crippen LogP contribution in [0.5, 0.6) is 0 Å². The van der Waals surface area contributed by atoms with E-state index < -0.39 is 0 Å². The summed E-state index contributed by atoms with van der Waals surface area (Å²) in [5, 5.41) is 16.4. The Hall–Kier alpha value is -1.04. The minimum Gasteiger partial charge on any atom is -0.373 e.